The van der Waals surface area contributed by atoms with Gasteiger partial charge in [0.15, 0.2) is 0 Å². The lowest BCUT2D eigenvalue weighted by molar-refractivity contribution is -0.138. The number of hydrogen-bond donors (Lipinski definition) is 2. The average Bonchev–Trinajstić information content (AvgIpc) is 2.50. The Morgan fingerprint density at radius 2 is 1.96 bits per heavy atom. The fraction of sp³-hybridized carbons (Fsp3) is 0.588. The molecule has 1 rings (SSSR count). The highest BCUT2D eigenvalue weighted by atomic mass is 19.4. The zero-order valence-electron chi connectivity index (χ0n) is 14.7. The molecule has 0 spiro atoms. The number of aliphatic hydroxyl groups is 1. The summed E-state index contributed by atoms with van der Waals surface area (Å²) in [6.45, 7) is 6.35. The van der Waals surface area contributed by atoms with Gasteiger partial charge in [-0.15, -0.1) is 0 Å². The summed E-state index contributed by atoms with van der Waals surface area (Å²) in [4.78, 5) is 13.9. The van der Waals surface area contributed by atoms with Gasteiger partial charge in [0.25, 0.3) is 0 Å². The number of hydrogen-bond acceptors (Lipinski definition) is 4. The molecule has 0 aliphatic carbocycles. The van der Waals surface area contributed by atoms with Crippen LogP contribution < -0.4 is 5.32 Å². The van der Waals surface area contributed by atoms with E-state index >= 15 is 0 Å². The summed E-state index contributed by atoms with van der Waals surface area (Å²) in [6, 6.07) is 2.35. The molecule has 0 unspecified atom stereocenters. The Labute approximate surface area is 145 Å². The fourth-order valence-corrected chi connectivity index (χ4v) is 2.48. The molecule has 0 aromatic heterocycles. The molecular formula is C17H25F3N2O3. The van der Waals surface area contributed by atoms with Gasteiger partial charge in [0.05, 0.1) is 25.3 Å². The predicted molar refractivity (Wildman–Crippen MR) is 89.6 cm³/mol. The van der Waals surface area contributed by atoms with E-state index in [1.807, 2.05) is 6.92 Å². The van der Waals surface area contributed by atoms with E-state index in [4.69, 9.17) is 9.84 Å². The fourth-order valence-electron chi connectivity index (χ4n) is 2.48. The first kappa shape index (κ1) is 21.4. The molecule has 5 nitrogen and oxygen atoms in total. The number of halogens is 3. The van der Waals surface area contributed by atoms with Crippen molar-refractivity contribution in [3.8, 4) is 0 Å². The van der Waals surface area contributed by atoms with Gasteiger partial charge >= 0.3 is 6.18 Å². The van der Waals surface area contributed by atoms with Gasteiger partial charge in [-0.2, -0.15) is 13.2 Å². The maximum absolute atomic E-state index is 13.0. The van der Waals surface area contributed by atoms with E-state index in [-0.39, 0.29) is 30.9 Å². The first-order valence-electron chi connectivity index (χ1n) is 8.08. The van der Waals surface area contributed by atoms with Gasteiger partial charge in [0.2, 0.25) is 5.91 Å². The second-order valence-electron chi connectivity index (χ2n) is 5.67. The van der Waals surface area contributed by atoms with E-state index < -0.39 is 17.6 Å². The Morgan fingerprint density at radius 3 is 2.52 bits per heavy atom. The monoisotopic (exact) mass is 362 g/mol. The van der Waals surface area contributed by atoms with E-state index in [1.54, 1.807) is 11.8 Å². The van der Waals surface area contributed by atoms with Gasteiger partial charge in [-0.25, -0.2) is 0 Å². The number of aryl methyl sites for hydroxylation is 1. The first-order valence-corrected chi connectivity index (χ1v) is 8.08. The SMILES string of the molecule is CCOCCN(CCO)CC(=O)Nc1c(C)ccc(C(F)(F)F)c1C. The molecule has 0 radical (unpaired) electrons. The number of anilines is 1. The standard InChI is InChI=1S/C17H25F3N2O3/c1-4-25-10-8-22(7-9-23)11-15(24)21-16-12(2)5-6-14(13(16)3)17(18,19)20/h5-6,23H,4,7-11H2,1-3H3,(H,21,24). The molecule has 0 heterocycles. The number of rotatable bonds is 9. The van der Waals surface area contributed by atoms with E-state index in [0.717, 1.165) is 6.07 Å². The van der Waals surface area contributed by atoms with Crippen LogP contribution in [0.3, 0.4) is 0 Å². The third-order valence-electron chi connectivity index (χ3n) is 3.78. The molecule has 1 aromatic rings. The minimum atomic E-state index is -4.47. The van der Waals surface area contributed by atoms with Gasteiger partial charge in [-0.3, -0.25) is 9.69 Å². The molecule has 8 heteroatoms. The molecule has 0 saturated heterocycles. The molecule has 0 aliphatic heterocycles. The average molecular weight is 362 g/mol. The van der Waals surface area contributed by atoms with Crippen LogP contribution in [0, 0.1) is 13.8 Å². The molecule has 142 valence electrons. The van der Waals surface area contributed by atoms with Crippen LogP contribution in [0.4, 0.5) is 18.9 Å². The number of alkyl halides is 3. The van der Waals surface area contributed by atoms with Crippen LogP contribution in [-0.4, -0.2) is 55.4 Å². The lowest BCUT2D eigenvalue weighted by Gasteiger charge is -2.22. The maximum atomic E-state index is 13.0. The van der Waals surface area contributed by atoms with E-state index in [1.165, 1.54) is 13.0 Å². The second kappa shape index (κ2) is 9.74. The zero-order chi connectivity index (χ0) is 19.0. The van der Waals surface area contributed by atoms with Crippen LogP contribution in [0.1, 0.15) is 23.6 Å². The van der Waals surface area contributed by atoms with Crippen molar-refractivity contribution in [1.29, 1.82) is 0 Å². The molecular weight excluding hydrogens is 337 g/mol. The lowest BCUT2D eigenvalue weighted by Crippen LogP contribution is -2.37. The van der Waals surface area contributed by atoms with Crippen LogP contribution in [0.5, 0.6) is 0 Å². The first-order chi connectivity index (χ1) is 11.7. The van der Waals surface area contributed by atoms with Crippen LogP contribution in [0.15, 0.2) is 12.1 Å². The molecule has 1 amide bonds. The topological polar surface area (TPSA) is 61.8 Å². The van der Waals surface area contributed by atoms with Crippen molar-refractivity contribution in [2.24, 2.45) is 0 Å². The molecule has 0 fully saturated rings. The highest BCUT2D eigenvalue weighted by Gasteiger charge is 2.33. The smallest absolute Gasteiger partial charge is 0.395 e. The van der Waals surface area contributed by atoms with Crippen LogP contribution in [0.2, 0.25) is 0 Å². The maximum Gasteiger partial charge on any atom is 0.416 e. The number of nitrogens with one attached hydrogen (secondary N) is 1. The molecule has 2 N–H and O–H groups in total. The normalized spacial score (nSPS) is 11.8. The minimum absolute atomic E-state index is 0.0103. The van der Waals surface area contributed by atoms with Gasteiger partial charge in [-0.05, 0) is 38.0 Å². The summed E-state index contributed by atoms with van der Waals surface area (Å²) >= 11 is 0. The van der Waals surface area contributed by atoms with Crippen molar-refractivity contribution >= 4 is 11.6 Å². The van der Waals surface area contributed by atoms with Crippen molar-refractivity contribution in [1.82, 2.24) is 4.90 Å². The Bertz CT molecular complexity index is 577. The van der Waals surface area contributed by atoms with Gasteiger partial charge < -0.3 is 15.2 Å². The number of carbonyl (C=O) groups excluding carboxylic acids is 1. The Balaban J connectivity index is 2.84. The highest BCUT2D eigenvalue weighted by Crippen LogP contribution is 2.36. The Hall–Kier alpha value is -1.64. The third kappa shape index (κ3) is 6.64. The summed E-state index contributed by atoms with van der Waals surface area (Å²) in [5.74, 6) is -0.435. The van der Waals surface area contributed by atoms with Gasteiger partial charge in [-0.1, -0.05) is 6.07 Å². The molecule has 0 aliphatic rings. The predicted octanol–water partition coefficient (Wildman–Crippen LogP) is 2.59. The quantitative estimate of drug-likeness (QED) is 0.663. The van der Waals surface area contributed by atoms with Gasteiger partial charge in [0, 0.05) is 25.4 Å². The molecule has 1 aromatic carbocycles. The lowest BCUT2D eigenvalue weighted by atomic mass is 10.0. The van der Waals surface area contributed by atoms with Crippen molar-refractivity contribution in [3.63, 3.8) is 0 Å². The number of benzene rings is 1. The molecule has 0 saturated carbocycles. The van der Waals surface area contributed by atoms with Crippen LogP contribution in [-0.2, 0) is 15.7 Å². The minimum Gasteiger partial charge on any atom is -0.395 e. The summed E-state index contributed by atoms with van der Waals surface area (Å²) in [5, 5.41) is 11.6. The summed E-state index contributed by atoms with van der Waals surface area (Å²) in [7, 11) is 0. The van der Waals surface area contributed by atoms with Crippen molar-refractivity contribution < 1.29 is 27.8 Å². The number of amides is 1. The van der Waals surface area contributed by atoms with E-state index in [2.05, 4.69) is 5.32 Å². The Kier molecular flexibility index (Phi) is 8.34. The zero-order valence-corrected chi connectivity index (χ0v) is 14.7. The summed E-state index contributed by atoms with van der Waals surface area (Å²) < 4.78 is 44.3. The number of aliphatic hydroxyl groups excluding tert-OH is 1. The molecule has 0 atom stereocenters. The number of carbonyl (C=O) groups is 1. The van der Waals surface area contributed by atoms with Gasteiger partial charge in [0.1, 0.15) is 0 Å². The Morgan fingerprint density at radius 1 is 1.28 bits per heavy atom. The van der Waals surface area contributed by atoms with Crippen molar-refractivity contribution in [2.75, 3.05) is 44.8 Å². The number of ether oxygens (including phenoxy) is 1. The summed E-state index contributed by atoms with van der Waals surface area (Å²) in [5.41, 5.74) is -0.0451. The third-order valence-corrected chi connectivity index (χ3v) is 3.78. The second-order valence-corrected chi connectivity index (χ2v) is 5.67. The van der Waals surface area contributed by atoms with E-state index in [0.29, 0.717) is 25.3 Å². The highest BCUT2D eigenvalue weighted by molar-refractivity contribution is 5.94. The van der Waals surface area contributed by atoms with E-state index in [9.17, 15) is 18.0 Å². The number of nitrogens with zero attached hydrogens (tertiary/aromatic N) is 1. The van der Waals surface area contributed by atoms with Crippen LogP contribution >= 0.6 is 0 Å². The van der Waals surface area contributed by atoms with Crippen molar-refractivity contribution in [3.05, 3.63) is 28.8 Å². The largest absolute Gasteiger partial charge is 0.416 e. The molecule has 25 heavy (non-hydrogen) atoms. The van der Waals surface area contributed by atoms with Crippen LogP contribution in [0.25, 0.3) is 0 Å². The molecule has 0 bridgehead atoms. The van der Waals surface area contributed by atoms with Crippen molar-refractivity contribution in [2.45, 2.75) is 26.9 Å². The summed E-state index contributed by atoms with van der Waals surface area (Å²) in [6.07, 6.45) is -4.47.